The molecule has 2 aliphatic rings. The van der Waals surface area contributed by atoms with Crippen LogP contribution in [0.1, 0.15) is 55.9 Å². The summed E-state index contributed by atoms with van der Waals surface area (Å²) in [5.74, 6) is 0.735. The molecule has 0 bridgehead atoms. The van der Waals surface area contributed by atoms with Gasteiger partial charge in [0.1, 0.15) is 5.69 Å². The lowest BCUT2D eigenvalue weighted by Crippen LogP contribution is -2.49. The maximum atomic E-state index is 12.6. The third kappa shape index (κ3) is 5.25. The highest BCUT2D eigenvalue weighted by Crippen LogP contribution is 2.25. The smallest absolute Gasteiger partial charge is 0.279 e. The van der Waals surface area contributed by atoms with E-state index in [4.69, 9.17) is 0 Å². The van der Waals surface area contributed by atoms with Gasteiger partial charge in [-0.05, 0) is 43.9 Å². The van der Waals surface area contributed by atoms with E-state index in [0.29, 0.717) is 37.2 Å². The second-order valence-corrected chi connectivity index (χ2v) is 9.94. The number of hydrogen-bond donors (Lipinski definition) is 2. The summed E-state index contributed by atoms with van der Waals surface area (Å²) in [5, 5.41) is 4.65. The monoisotopic (exact) mass is 400 g/mol. The first-order valence-electron chi connectivity index (χ1n) is 9.38. The molecule has 146 valence electrons. The van der Waals surface area contributed by atoms with Crippen LogP contribution in [-0.2, 0) is 10.2 Å². The molecule has 0 aromatic carbocycles. The van der Waals surface area contributed by atoms with Crippen LogP contribution in [0.3, 0.4) is 0 Å². The highest BCUT2D eigenvalue weighted by Gasteiger charge is 2.31. The Labute approximate surface area is 159 Å². The molecule has 1 amide bonds. The lowest BCUT2D eigenvalue weighted by Gasteiger charge is -2.34. The first-order valence-corrected chi connectivity index (χ1v) is 11.8. The highest BCUT2D eigenvalue weighted by atomic mass is 32.2. The predicted octanol–water partition coefficient (Wildman–Crippen LogP) is 2.00. The largest absolute Gasteiger partial charge is 0.350 e. The van der Waals surface area contributed by atoms with Crippen molar-refractivity contribution in [3.8, 4) is 0 Å². The Bertz CT molecular complexity index is 685. The molecule has 0 spiro atoms. The minimum atomic E-state index is -3.41. The fourth-order valence-electron chi connectivity index (χ4n) is 3.75. The molecule has 7 nitrogen and oxygen atoms in total. The number of nitrogens with zero attached hydrogens (tertiary/aromatic N) is 2. The van der Waals surface area contributed by atoms with E-state index in [1.807, 2.05) is 0 Å². The molecule has 3 rings (SSSR count). The standard InChI is InChI=1S/C17H28N4O3S2/c1-13-5-7-21(8-6-13)26(23,24)20-15-4-2-3-14(9-15)10-18-17(22)16-11-25-12-19-16/h11-15,20H,2-10H2,1H3,(H,18,22)/t14-,15+/m1/s1. The molecule has 1 aromatic heterocycles. The molecule has 26 heavy (non-hydrogen) atoms. The normalized spacial score (nSPS) is 25.9. The van der Waals surface area contributed by atoms with Gasteiger partial charge in [-0.2, -0.15) is 17.4 Å². The summed E-state index contributed by atoms with van der Waals surface area (Å²) in [6, 6.07) is -0.0470. The van der Waals surface area contributed by atoms with Gasteiger partial charge in [-0.3, -0.25) is 4.79 Å². The molecular formula is C17H28N4O3S2. The maximum absolute atomic E-state index is 12.6. The highest BCUT2D eigenvalue weighted by molar-refractivity contribution is 7.87. The number of piperidine rings is 1. The fourth-order valence-corrected chi connectivity index (χ4v) is 5.75. The molecule has 9 heteroatoms. The molecule has 2 atom stereocenters. The maximum Gasteiger partial charge on any atom is 0.279 e. The van der Waals surface area contributed by atoms with Crippen LogP contribution in [0.5, 0.6) is 0 Å². The minimum Gasteiger partial charge on any atom is -0.350 e. The third-order valence-electron chi connectivity index (χ3n) is 5.40. The summed E-state index contributed by atoms with van der Waals surface area (Å²) < 4.78 is 29.7. The molecule has 1 aliphatic carbocycles. The van der Waals surface area contributed by atoms with Crippen LogP contribution in [0, 0.1) is 11.8 Å². The first-order chi connectivity index (χ1) is 12.4. The topological polar surface area (TPSA) is 91.4 Å². The van der Waals surface area contributed by atoms with Gasteiger partial charge in [0.15, 0.2) is 0 Å². The molecule has 1 aliphatic heterocycles. The van der Waals surface area contributed by atoms with Crippen LogP contribution < -0.4 is 10.0 Å². The van der Waals surface area contributed by atoms with Crippen molar-refractivity contribution < 1.29 is 13.2 Å². The van der Waals surface area contributed by atoms with Gasteiger partial charge in [-0.25, -0.2) is 4.98 Å². The van der Waals surface area contributed by atoms with E-state index < -0.39 is 10.2 Å². The molecule has 2 N–H and O–H groups in total. The van der Waals surface area contributed by atoms with E-state index in [9.17, 15) is 13.2 Å². The van der Waals surface area contributed by atoms with Crippen molar-refractivity contribution in [3.63, 3.8) is 0 Å². The van der Waals surface area contributed by atoms with Crippen LogP contribution in [0.4, 0.5) is 0 Å². The second-order valence-electron chi connectivity index (χ2n) is 7.52. The van der Waals surface area contributed by atoms with E-state index in [-0.39, 0.29) is 11.9 Å². The van der Waals surface area contributed by atoms with Crippen molar-refractivity contribution in [3.05, 3.63) is 16.6 Å². The van der Waals surface area contributed by atoms with Gasteiger partial charge >= 0.3 is 0 Å². The molecule has 0 radical (unpaired) electrons. The summed E-state index contributed by atoms with van der Waals surface area (Å²) in [4.78, 5) is 16.0. The van der Waals surface area contributed by atoms with Gasteiger partial charge < -0.3 is 5.32 Å². The summed E-state index contributed by atoms with van der Waals surface area (Å²) in [6.45, 7) is 3.95. The number of rotatable bonds is 6. The lowest BCUT2D eigenvalue weighted by molar-refractivity contribution is 0.0937. The van der Waals surface area contributed by atoms with E-state index in [0.717, 1.165) is 38.5 Å². The Balaban J connectivity index is 1.48. The summed E-state index contributed by atoms with van der Waals surface area (Å²) in [7, 11) is -3.41. The number of hydrogen-bond acceptors (Lipinski definition) is 5. The van der Waals surface area contributed by atoms with Crippen molar-refractivity contribution >= 4 is 27.5 Å². The SMILES string of the molecule is CC1CCN(S(=O)(=O)N[C@H]2CCC[C@@H](CNC(=O)c3cscn3)C2)CC1. The Morgan fingerprint density at radius 1 is 1.31 bits per heavy atom. The zero-order chi connectivity index (χ0) is 18.6. The number of aromatic nitrogens is 1. The Kier molecular flexibility index (Phi) is 6.65. The minimum absolute atomic E-state index is 0.0470. The zero-order valence-corrected chi connectivity index (χ0v) is 16.8. The average Bonchev–Trinajstić information content (AvgIpc) is 3.15. The fraction of sp³-hybridized carbons (Fsp3) is 0.765. The Morgan fingerprint density at radius 3 is 2.77 bits per heavy atom. The average molecular weight is 401 g/mol. The van der Waals surface area contributed by atoms with E-state index in [1.54, 1.807) is 15.2 Å². The number of amides is 1. The van der Waals surface area contributed by atoms with Gasteiger partial charge in [0.05, 0.1) is 5.51 Å². The van der Waals surface area contributed by atoms with Crippen LogP contribution in [0.2, 0.25) is 0 Å². The number of carbonyl (C=O) groups is 1. The Morgan fingerprint density at radius 2 is 2.08 bits per heavy atom. The van der Waals surface area contributed by atoms with Crippen molar-refractivity contribution in [2.24, 2.45) is 11.8 Å². The van der Waals surface area contributed by atoms with E-state index in [2.05, 4.69) is 21.9 Å². The van der Waals surface area contributed by atoms with E-state index >= 15 is 0 Å². The van der Waals surface area contributed by atoms with Gasteiger partial charge in [-0.15, -0.1) is 11.3 Å². The number of nitrogens with one attached hydrogen (secondary N) is 2. The molecule has 1 aromatic rings. The van der Waals surface area contributed by atoms with Gasteiger partial charge in [-0.1, -0.05) is 13.3 Å². The Hall–Kier alpha value is -1.03. The molecule has 2 heterocycles. The van der Waals surface area contributed by atoms with Crippen LogP contribution in [0.25, 0.3) is 0 Å². The van der Waals surface area contributed by atoms with Crippen molar-refractivity contribution in [1.82, 2.24) is 19.3 Å². The van der Waals surface area contributed by atoms with Gasteiger partial charge in [0.25, 0.3) is 16.1 Å². The van der Waals surface area contributed by atoms with Crippen molar-refractivity contribution in [2.45, 2.75) is 51.5 Å². The van der Waals surface area contributed by atoms with E-state index in [1.165, 1.54) is 11.3 Å². The number of thiazole rings is 1. The molecule has 1 saturated carbocycles. The number of carbonyl (C=O) groups excluding carboxylic acids is 1. The first kappa shape index (κ1) is 19.7. The van der Waals surface area contributed by atoms with Gasteiger partial charge in [0.2, 0.25) is 0 Å². The predicted molar refractivity (Wildman–Crippen MR) is 102 cm³/mol. The summed E-state index contributed by atoms with van der Waals surface area (Å²) in [5.41, 5.74) is 2.09. The summed E-state index contributed by atoms with van der Waals surface area (Å²) >= 11 is 1.40. The lowest BCUT2D eigenvalue weighted by atomic mass is 9.86. The van der Waals surface area contributed by atoms with Crippen molar-refractivity contribution in [2.75, 3.05) is 19.6 Å². The zero-order valence-electron chi connectivity index (χ0n) is 15.2. The summed E-state index contributed by atoms with van der Waals surface area (Å²) in [6.07, 6.45) is 5.47. The van der Waals surface area contributed by atoms with Crippen LogP contribution >= 0.6 is 11.3 Å². The quantitative estimate of drug-likeness (QED) is 0.764. The molecular weight excluding hydrogens is 372 g/mol. The molecule has 1 saturated heterocycles. The van der Waals surface area contributed by atoms with Crippen LogP contribution in [0.15, 0.2) is 10.9 Å². The third-order valence-corrected chi connectivity index (χ3v) is 7.66. The second kappa shape index (κ2) is 8.77. The van der Waals surface area contributed by atoms with Crippen LogP contribution in [-0.4, -0.2) is 49.3 Å². The van der Waals surface area contributed by atoms with Crippen molar-refractivity contribution in [1.29, 1.82) is 0 Å². The van der Waals surface area contributed by atoms with Gasteiger partial charge in [0, 0.05) is 31.1 Å². The molecule has 2 fully saturated rings. The molecule has 0 unspecified atom stereocenters.